The monoisotopic (exact) mass is 447 g/mol. The number of aliphatic hydroxyl groups is 2. The Bertz CT molecular complexity index is 1040. The average Bonchev–Trinajstić information content (AvgIpc) is 3.18. The Kier molecular flexibility index (Phi) is 4.30. The Morgan fingerprint density at radius 2 is 1.87 bits per heavy atom. The first-order valence-corrected chi connectivity index (χ1v) is 11.6. The molecule has 166 valence electrons. The lowest BCUT2D eigenvalue weighted by atomic mass is 9.68. The molecule has 0 unspecified atom stereocenters. The highest BCUT2D eigenvalue weighted by Crippen LogP contribution is 2.67. The summed E-state index contributed by atoms with van der Waals surface area (Å²) < 4.78 is 1.67. The standard InChI is InChI=1S/C21H26ClN5O4/c22-20-25-17(24-12(9-3-1-4-9)10-5-2-6-10)13-18(26-20)27(8-23-13)14-11-7-21(11,19(30)31)16(29)15(14)28/h8-12,14-16,28-29H,1-7H2,(H,30,31)(H,24,25,26)/t11-,14-,15-,16+,21-/m1/s1. The zero-order valence-electron chi connectivity index (χ0n) is 17.0. The number of aromatic nitrogens is 4. The minimum atomic E-state index is -1.33. The Hall–Kier alpha value is -1.97. The maximum absolute atomic E-state index is 11.8. The zero-order chi connectivity index (χ0) is 21.5. The molecule has 4 aliphatic rings. The van der Waals surface area contributed by atoms with Gasteiger partial charge in [-0.05, 0) is 55.5 Å². The summed E-state index contributed by atoms with van der Waals surface area (Å²) in [7, 11) is 0. The van der Waals surface area contributed by atoms with E-state index in [0.29, 0.717) is 41.3 Å². The second-order valence-electron chi connectivity index (χ2n) is 9.80. The van der Waals surface area contributed by atoms with Gasteiger partial charge in [0.1, 0.15) is 11.5 Å². The lowest BCUT2D eigenvalue weighted by Crippen LogP contribution is -2.42. The predicted octanol–water partition coefficient (Wildman–Crippen LogP) is 2.23. The van der Waals surface area contributed by atoms with Crippen LogP contribution in [0.25, 0.3) is 11.2 Å². The van der Waals surface area contributed by atoms with Gasteiger partial charge in [-0.25, -0.2) is 4.98 Å². The number of hydrogen-bond donors (Lipinski definition) is 4. The van der Waals surface area contributed by atoms with Crippen LogP contribution in [0.4, 0.5) is 5.82 Å². The van der Waals surface area contributed by atoms with Crippen LogP contribution in [0.5, 0.6) is 0 Å². The number of carboxylic acid groups (broad SMARTS) is 1. The van der Waals surface area contributed by atoms with Crippen LogP contribution in [-0.2, 0) is 4.79 Å². The second-order valence-corrected chi connectivity index (χ2v) is 10.1. The third-order valence-electron chi connectivity index (χ3n) is 8.40. The molecule has 0 amide bonds. The maximum atomic E-state index is 11.8. The minimum absolute atomic E-state index is 0.0750. The molecule has 2 aromatic heterocycles. The van der Waals surface area contributed by atoms with E-state index in [2.05, 4.69) is 20.3 Å². The van der Waals surface area contributed by atoms with Gasteiger partial charge < -0.3 is 25.2 Å². The molecule has 4 N–H and O–H groups in total. The Morgan fingerprint density at radius 1 is 1.19 bits per heavy atom. The van der Waals surface area contributed by atoms with Crippen molar-refractivity contribution in [3.8, 4) is 0 Å². The summed E-state index contributed by atoms with van der Waals surface area (Å²) in [6.45, 7) is 0. The van der Waals surface area contributed by atoms with Crippen molar-refractivity contribution in [2.24, 2.45) is 23.2 Å². The van der Waals surface area contributed by atoms with Gasteiger partial charge in [-0.2, -0.15) is 9.97 Å². The summed E-state index contributed by atoms with van der Waals surface area (Å²) >= 11 is 6.28. The van der Waals surface area contributed by atoms with Crippen LogP contribution < -0.4 is 5.32 Å². The quantitative estimate of drug-likeness (QED) is 0.495. The number of carbonyl (C=O) groups is 1. The maximum Gasteiger partial charge on any atom is 0.312 e. The highest BCUT2D eigenvalue weighted by atomic mass is 35.5. The van der Waals surface area contributed by atoms with E-state index in [0.717, 1.165) is 0 Å². The molecule has 31 heavy (non-hydrogen) atoms. The van der Waals surface area contributed by atoms with Gasteiger partial charge in [-0.1, -0.05) is 12.8 Å². The lowest BCUT2D eigenvalue weighted by Gasteiger charge is -2.43. The molecule has 2 heterocycles. The van der Waals surface area contributed by atoms with Gasteiger partial charge in [0.25, 0.3) is 0 Å². The fourth-order valence-electron chi connectivity index (χ4n) is 6.12. The highest BCUT2D eigenvalue weighted by Gasteiger charge is 2.76. The summed E-state index contributed by atoms with van der Waals surface area (Å²) in [6, 6.07) is -0.284. The molecule has 0 saturated heterocycles. The molecular formula is C21H26ClN5O4. The number of anilines is 1. The van der Waals surface area contributed by atoms with Crippen molar-refractivity contribution in [2.75, 3.05) is 5.32 Å². The van der Waals surface area contributed by atoms with Crippen LogP contribution in [-0.4, -0.2) is 59.1 Å². The largest absolute Gasteiger partial charge is 0.481 e. The van der Waals surface area contributed by atoms with E-state index < -0.39 is 29.6 Å². The average molecular weight is 448 g/mol. The van der Waals surface area contributed by atoms with Crippen molar-refractivity contribution in [1.82, 2.24) is 19.5 Å². The van der Waals surface area contributed by atoms with Gasteiger partial charge in [-0.15, -0.1) is 0 Å². The van der Waals surface area contributed by atoms with Crippen molar-refractivity contribution < 1.29 is 20.1 Å². The van der Waals surface area contributed by atoms with Crippen LogP contribution in [0.15, 0.2) is 6.33 Å². The molecule has 0 bridgehead atoms. The van der Waals surface area contributed by atoms with E-state index in [1.807, 2.05) is 0 Å². The van der Waals surface area contributed by atoms with Gasteiger partial charge in [0.2, 0.25) is 5.28 Å². The van der Waals surface area contributed by atoms with E-state index in [4.69, 9.17) is 11.6 Å². The molecule has 0 radical (unpaired) electrons. The van der Waals surface area contributed by atoms with E-state index >= 15 is 0 Å². The zero-order valence-corrected chi connectivity index (χ0v) is 17.7. The van der Waals surface area contributed by atoms with E-state index in [1.165, 1.54) is 38.5 Å². The number of imidazole rings is 1. The Morgan fingerprint density at radius 3 is 2.42 bits per heavy atom. The molecule has 4 aliphatic carbocycles. The third-order valence-corrected chi connectivity index (χ3v) is 8.57. The normalized spacial score (nSPS) is 35.1. The van der Waals surface area contributed by atoms with Crippen molar-refractivity contribution >= 4 is 34.6 Å². The number of aliphatic hydroxyl groups excluding tert-OH is 2. The van der Waals surface area contributed by atoms with Crippen molar-refractivity contribution in [3.05, 3.63) is 11.6 Å². The van der Waals surface area contributed by atoms with Crippen LogP contribution in [0.3, 0.4) is 0 Å². The van der Waals surface area contributed by atoms with Crippen molar-refractivity contribution in [2.45, 2.75) is 69.2 Å². The molecule has 9 nitrogen and oxygen atoms in total. The lowest BCUT2D eigenvalue weighted by molar-refractivity contribution is -0.149. The first kappa shape index (κ1) is 19.7. The molecule has 0 spiro atoms. The molecule has 4 fully saturated rings. The summed E-state index contributed by atoms with van der Waals surface area (Å²) in [5, 5.41) is 34.4. The summed E-state index contributed by atoms with van der Waals surface area (Å²) in [4.78, 5) is 25.1. The summed E-state index contributed by atoms with van der Waals surface area (Å²) in [6.07, 6.45) is 6.73. The van der Waals surface area contributed by atoms with Crippen LogP contribution in [0, 0.1) is 23.2 Å². The topological polar surface area (TPSA) is 133 Å². The summed E-state index contributed by atoms with van der Waals surface area (Å²) in [5.41, 5.74) is -0.283. The first-order valence-electron chi connectivity index (χ1n) is 11.2. The number of rotatable bonds is 6. The number of fused-ring (bicyclic) bond motifs is 2. The Balaban J connectivity index is 1.37. The number of hydrogen-bond acceptors (Lipinski definition) is 7. The van der Waals surface area contributed by atoms with Gasteiger partial charge in [0.15, 0.2) is 17.0 Å². The molecule has 4 saturated carbocycles. The third kappa shape index (κ3) is 2.69. The summed E-state index contributed by atoms with van der Waals surface area (Å²) in [5.74, 6) is 0.396. The Labute approximate surface area is 183 Å². The minimum Gasteiger partial charge on any atom is -0.481 e. The number of nitrogens with one attached hydrogen (secondary N) is 1. The molecule has 10 heteroatoms. The fraction of sp³-hybridized carbons (Fsp3) is 0.714. The number of halogens is 1. The van der Waals surface area contributed by atoms with E-state index in [9.17, 15) is 20.1 Å². The van der Waals surface area contributed by atoms with Crippen LogP contribution in [0.1, 0.15) is 51.0 Å². The van der Waals surface area contributed by atoms with Crippen LogP contribution >= 0.6 is 11.6 Å². The SMILES string of the molecule is O=C(O)[C@]12C[C@@H]1[C@@H](n1cnc3c(NC(C4CCC4)C4CCC4)nc(Cl)nc31)[C@@H](O)[C@@H]2O. The molecule has 0 aliphatic heterocycles. The highest BCUT2D eigenvalue weighted by molar-refractivity contribution is 6.28. The molecule has 0 aromatic carbocycles. The smallest absolute Gasteiger partial charge is 0.312 e. The number of aliphatic carboxylic acids is 1. The predicted molar refractivity (Wildman–Crippen MR) is 112 cm³/mol. The first-order chi connectivity index (χ1) is 14.9. The van der Waals surface area contributed by atoms with E-state index in [1.54, 1.807) is 10.9 Å². The number of carboxylic acids is 1. The molecule has 6 rings (SSSR count). The fourth-order valence-corrected chi connectivity index (χ4v) is 6.28. The second kappa shape index (κ2) is 6.76. The molecule has 5 atom stereocenters. The van der Waals surface area contributed by atoms with Gasteiger partial charge in [0.05, 0.1) is 18.5 Å². The van der Waals surface area contributed by atoms with Gasteiger partial charge in [-0.3, -0.25) is 4.79 Å². The van der Waals surface area contributed by atoms with Crippen molar-refractivity contribution in [1.29, 1.82) is 0 Å². The molecular weight excluding hydrogens is 422 g/mol. The number of nitrogens with zero attached hydrogens (tertiary/aromatic N) is 4. The van der Waals surface area contributed by atoms with Gasteiger partial charge in [0, 0.05) is 12.0 Å². The molecule has 2 aromatic rings. The van der Waals surface area contributed by atoms with E-state index in [-0.39, 0.29) is 11.2 Å². The van der Waals surface area contributed by atoms with Gasteiger partial charge >= 0.3 is 5.97 Å². The van der Waals surface area contributed by atoms with Crippen molar-refractivity contribution in [3.63, 3.8) is 0 Å². The van der Waals surface area contributed by atoms with Crippen LogP contribution in [0.2, 0.25) is 5.28 Å².